The summed E-state index contributed by atoms with van der Waals surface area (Å²) in [5.74, 6) is 0. The summed E-state index contributed by atoms with van der Waals surface area (Å²) in [4.78, 5) is 6.10. The van der Waals surface area contributed by atoms with Gasteiger partial charge in [0.2, 0.25) is 0 Å². The molecule has 72 valence electrons. The highest BCUT2D eigenvalue weighted by Gasteiger charge is 2.16. The standard InChI is InChI=1S/C8H17NO3/c1-9(4-6-12-10)7-8-3-2-5-11-8/h8,10H,2-7H2,1H3. The Hall–Kier alpha value is -0.160. The van der Waals surface area contributed by atoms with E-state index >= 15 is 0 Å². The first kappa shape index (κ1) is 9.92. The van der Waals surface area contributed by atoms with Gasteiger partial charge in [-0.2, -0.15) is 0 Å². The molecule has 1 saturated heterocycles. The van der Waals surface area contributed by atoms with Crippen molar-refractivity contribution in [2.24, 2.45) is 0 Å². The molecular formula is C8H17NO3. The molecule has 1 N–H and O–H groups in total. The Kier molecular flexibility index (Phi) is 4.53. The minimum absolute atomic E-state index is 0.364. The Labute approximate surface area is 73.0 Å². The third-order valence-electron chi connectivity index (χ3n) is 2.10. The molecule has 0 spiro atoms. The second-order valence-corrected chi connectivity index (χ2v) is 3.23. The second-order valence-electron chi connectivity index (χ2n) is 3.23. The Morgan fingerprint density at radius 3 is 3.08 bits per heavy atom. The molecule has 0 amide bonds. The molecule has 0 aliphatic carbocycles. The molecule has 0 radical (unpaired) electrons. The van der Waals surface area contributed by atoms with Crippen LogP contribution in [0, 0.1) is 0 Å². The van der Waals surface area contributed by atoms with Crippen LogP contribution in [0.15, 0.2) is 0 Å². The van der Waals surface area contributed by atoms with Gasteiger partial charge >= 0.3 is 0 Å². The summed E-state index contributed by atoms with van der Waals surface area (Å²) in [6, 6.07) is 0. The highest BCUT2D eigenvalue weighted by Crippen LogP contribution is 2.12. The molecule has 1 atom stereocenters. The summed E-state index contributed by atoms with van der Waals surface area (Å²) >= 11 is 0. The maximum absolute atomic E-state index is 8.12. The fourth-order valence-electron chi connectivity index (χ4n) is 1.42. The molecule has 1 unspecified atom stereocenters. The number of hydrogen-bond donors (Lipinski definition) is 1. The number of ether oxygens (including phenoxy) is 1. The predicted molar refractivity (Wildman–Crippen MR) is 45.1 cm³/mol. The van der Waals surface area contributed by atoms with E-state index in [4.69, 9.17) is 9.99 Å². The largest absolute Gasteiger partial charge is 0.377 e. The van der Waals surface area contributed by atoms with Crippen LogP contribution in [0.4, 0.5) is 0 Å². The van der Waals surface area contributed by atoms with Gasteiger partial charge in [-0.25, -0.2) is 4.89 Å². The summed E-state index contributed by atoms with van der Waals surface area (Å²) in [6.07, 6.45) is 2.72. The van der Waals surface area contributed by atoms with E-state index in [2.05, 4.69) is 9.79 Å². The molecule has 1 aliphatic rings. The maximum atomic E-state index is 8.12. The molecular weight excluding hydrogens is 158 g/mol. The van der Waals surface area contributed by atoms with E-state index in [1.165, 1.54) is 6.42 Å². The van der Waals surface area contributed by atoms with Crippen LogP contribution in [-0.4, -0.2) is 49.6 Å². The number of hydrogen-bond acceptors (Lipinski definition) is 4. The number of likely N-dealkylation sites (N-methyl/N-ethyl adjacent to an activating group) is 1. The SMILES string of the molecule is CN(CCOO)CC1CCCO1. The van der Waals surface area contributed by atoms with Crippen molar-refractivity contribution in [3.63, 3.8) is 0 Å². The Morgan fingerprint density at radius 2 is 2.50 bits per heavy atom. The topological polar surface area (TPSA) is 41.9 Å². The molecule has 0 aromatic rings. The molecule has 4 heteroatoms. The van der Waals surface area contributed by atoms with Crippen LogP contribution in [0.3, 0.4) is 0 Å². The van der Waals surface area contributed by atoms with Crippen molar-refractivity contribution in [2.45, 2.75) is 18.9 Å². The van der Waals surface area contributed by atoms with E-state index in [0.29, 0.717) is 12.7 Å². The molecule has 0 saturated carbocycles. The molecule has 1 rings (SSSR count). The van der Waals surface area contributed by atoms with Crippen molar-refractivity contribution in [1.29, 1.82) is 0 Å². The van der Waals surface area contributed by atoms with Crippen molar-refractivity contribution in [2.75, 3.05) is 33.4 Å². The third kappa shape index (κ3) is 3.49. The van der Waals surface area contributed by atoms with Gasteiger partial charge in [-0.05, 0) is 19.9 Å². The Bertz CT molecular complexity index is 115. The first-order chi connectivity index (χ1) is 5.83. The maximum Gasteiger partial charge on any atom is 0.0946 e. The van der Waals surface area contributed by atoms with Gasteiger partial charge in [0.15, 0.2) is 0 Å². The highest BCUT2D eigenvalue weighted by atomic mass is 17.1. The Balaban J connectivity index is 2.03. The number of nitrogens with zero attached hydrogens (tertiary/aromatic N) is 1. The molecule has 1 fully saturated rings. The summed E-state index contributed by atoms with van der Waals surface area (Å²) in [6.45, 7) is 2.94. The summed E-state index contributed by atoms with van der Waals surface area (Å²) in [5, 5.41) is 8.12. The zero-order valence-corrected chi connectivity index (χ0v) is 7.53. The zero-order chi connectivity index (χ0) is 8.81. The van der Waals surface area contributed by atoms with Gasteiger partial charge in [-0.3, -0.25) is 5.26 Å². The lowest BCUT2D eigenvalue weighted by atomic mass is 10.2. The molecule has 0 aromatic heterocycles. The monoisotopic (exact) mass is 175 g/mol. The van der Waals surface area contributed by atoms with Crippen molar-refractivity contribution in [3.8, 4) is 0 Å². The van der Waals surface area contributed by atoms with E-state index in [1.807, 2.05) is 7.05 Å². The van der Waals surface area contributed by atoms with E-state index in [9.17, 15) is 0 Å². The number of rotatable bonds is 5. The Morgan fingerprint density at radius 1 is 1.67 bits per heavy atom. The van der Waals surface area contributed by atoms with Gasteiger partial charge in [0.05, 0.1) is 12.7 Å². The lowest BCUT2D eigenvalue weighted by Gasteiger charge is -2.19. The molecule has 12 heavy (non-hydrogen) atoms. The van der Waals surface area contributed by atoms with Gasteiger partial charge in [-0.15, -0.1) is 0 Å². The van der Waals surface area contributed by atoms with Gasteiger partial charge in [-0.1, -0.05) is 0 Å². The van der Waals surface area contributed by atoms with E-state index in [0.717, 1.165) is 26.1 Å². The van der Waals surface area contributed by atoms with Crippen molar-refractivity contribution < 1.29 is 14.9 Å². The minimum atomic E-state index is 0.364. The van der Waals surface area contributed by atoms with E-state index in [1.54, 1.807) is 0 Å². The molecule has 0 aromatic carbocycles. The normalized spacial score (nSPS) is 23.8. The van der Waals surface area contributed by atoms with Crippen molar-refractivity contribution in [1.82, 2.24) is 4.90 Å². The van der Waals surface area contributed by atoms with E-state index in [-0.39, 0.29) is 0 Å². The lowest BCUT2D eigenvalue weighted by molar-refractivity contribution is -0.243. The van der Waals surface area contributed by atoms with Crippen LogP contribution >= 0.6 is 0 Å². The first-order valence-electron chi connectivity index (χ1n) is 4.39. The zero-order valence-electron chi connectivity index (χ0n) is 7.53. The van der Waals surface area contributed by atoms with Crippen LogP contribution in [0.1, 0.15) is 12.8 Å². The summed E-state index contributed by atoms with van der Waals surface area (Å²) < 4.78 is 5.46. The average molecular weight is 175 g/mol. The fourth-order valence-corrected chi connectivity index (χ4v) is 1.42. The van der Waals surface area contributed by atoms with Crippen LogP contribution in [0.2, 0.25) is 0 Å². The summed E-state index contributed by atoms with van der Waals surface area (Å²) in [7, 11) is 2.00. The molecule has 1 heterocycles. The van der Waals surface area contributed by atoms with Crippen LogP contribution in [0.25, 0.3) is 0 Å². The van der Waals surface area contributed by atoms with Gasteiger partial charge in [0.25, 0.3) is 0 Å². The molecule has 0 bridgehead atoms. The third-order valence-corrected chi connectivity index (χ3v) is 2.10. The van der Waals surface area contributed by atoms with Crippen molar-refractivity contribution in [3.05, 3.63) is 0 Å². The fraction of sp³-hybridized carbons (Fsp3) is 1.00. The lowest BCUT2D eigenvalue weighted by Crippen LogP contribution is -2.31. The first-order valence-corrected chi connectivity index (χ1v) is 4.39. The highest BCUT2D eigenvalue weighted by molar-refractivity contribution is 4.68. The van der Waals surface area contributed by atoms with Crippen LogP contribution < -0.4 is 0 Å². The van der Waals surface area contributed by atoms with Gasteiger partial charge in [0, 0.05) is 19.7 Å². The minimum Gasteiger partial charge on any atom is -0.377 e. The summed E-state index contributed by atoms with van der Waals surface area (Å²) in [5.41, 5.74) is 0. The molecule has 1 aliphatic heterocycles. The molecule has 4 nitrogen and oxygen atoms in total. The second kappa shape index (κ2) is 5.48. The van der Waals surface area contributed by atoms with Crippen molar-refractivity contribution >= 4 is 0 Å². The predicted octanol–water partition coefficient (Wildman–Crippen LogP) is 0.587. The van der Waals surface area contributed by atoms with Crippen LogP contribution in [0.5, 0.6) is 0 Å². The van der Waals surface area contributed by atoms with Gasteiger partial charge < -0.3 is 9.64 Å². The van der Waals surface area contributed by atoms with Crippen LogP contribution in [-0.2, 0) is 9.62 Å². The quantitative estimate of drug-likeness (QED) is 0.490. The smallest absolute Gasteiger partial charge is 0.0946 e. The average Bonchev–Trinajstić information content (AvgIpc) is 2.53. The van der Waals surface area contributed by atoms with Gasteiger partial charge in [0.1, 0.15) is 0 Å². The van der Waals surface area contributed by atoms with E-state index < -0.39 is 0 Å².